The van der Waals surface area contributed by atoms with Crippen molar-refractivity contribution in [1.29, 1.82) is 0 Å². The van der Waals surface area contributed by atoms with E-state index in [1.54, 1.807) is 0 Å². The molecule has 18 heavy (non-hydrogen) atoms. The highest BCUT2D eigenvalue weighted by Gasteiger charge is 2.15. The lowest BCUT2D eigenvalue weighted by Gasteiger charge is -2.14. The minimum atomic E-state index is -2.62. The largest absolute Gasteiger partial charge is 0.471 e. The number of aromatic nitrogens is 1. The third-order valence-electron chi connectivity index (χ3n) is 1.96. The van der Waals surface area contributed by atoms with Crippen LogP contribution in [0.2, 0.25) is 5.02 Å². The van der Waals surface area contributed by atoms with Crippen LogP contribution in [-0.4, -0.2) is 43.1 Å². The number of hydrogen-bond donors (Lipinski definition) is 0. The number of carbonyl (C=O) groups is 1. The summed E-state index contributed by atoms with van der Waals surface area (Å²) < 4.78 is 28.5. The van der Waals surface area contributed by atoms with Crippen molar-refractivity contribution in [3.63, 3.8) is 0 Å². The first-order valence-corrected chi connectivity index (χ1v) is 5.22. The molecule has 1 heterocycles. The molecule has 1 aromatic heterocycles. The second kappa shape index (κ2) is 6.46. The number of nitrogens with zero attached hydrogens (tertiary/aromatic N) is 2. The molecule has 0 spiro atoms. The maximum atomic E-state index is 11.9. The molecule has 0 bridgehead atoms. The minimum absolute atomic E-state index is 0.0222. The Morgan fingerprint density at radius 1 is 1.61 bits per heavy atom. The van der Waals surface area contributed by atoms with Crippen molar-refractivity contribution in [3.05, 3.63) is 22.8 Å². The van der Waals surface area contributed by atoms with Gasteiger partial charge in [-0.15, -0.1) is 0 Å². The third-order valence-corrected chi connectivity index (χ3v) is 2.23. The molecule has 5 nitrogen and oxygen atoms in total. The van der Waals surface area contributed by atoms with Crippen LogP contribution in [0.25, 0.3) is 0 Å². The first-order valence-electron chi connectivity index (χ1n) is 4.84. The second-order valence-electron chi connectivity index (χ2n) is 3.20. The fourth-order valence-electron chi connectivity index (χ4n) is 1.06. The van der Waals surface area contributed by atoms with Crippen LogP contribution in [0.1, 0.15) is 10.4 Å². The molecule has 0 aliphatic rings. The molecule has 1 aromatic rings. The van der Waals surface area contributed by atoms with Gasteiger partial charge in [-0.1, -0.05) is 11.6 Å². The summed E-state index contributed by atoms with van der Waals surface area (Å²) in [6.45, 7) is -0.808. The number of rotatable bonds is 5. The molecule has 0 saturated heterocycles. The van der Waals surface area contributed by atoms with Crippen molar-refractivity contribution >= 4 is 17.5 Å². The molecule has 0 radical (unpaired) electrons. The lowest BCUT2D eigenvalue weighted by molar-refractivity contribution is -0.0757. The van der Waals surface area contributed by atoms with Crippen molar-refractivity contribution in [2.75, 3.05) is 20.8 Å². The van der Waals surface area contributed by atoms with Crippen LogP contribution in [0.5, 0.6) is 5.88 Å². The van der Waals surface area contributed by atoms with Gasteiger partial charge in [0.25, 0.3) is 12.3 Å². The second-order valence-corrected chi connectivity index (χ2v) is 3.61. The van der Waals surface area contributed by atoms with Crippen LogP contribution in [0, 0.1) is 0 Å². The summed E-state index contributed by atoms with van der Waals surface area (Å²) >= 11 is 5.76. The van der Waals surface area contributed by atoms with Gasteiger partial charge in [-0.25, -0.2) is 18.8 Å². The Kier molecular flexibility index (Phi) is 5.24. The van der Waals surface area contributed by atoms with Gasteiger partial charge in [0.1, 0.15) is 5.02 Å². The van der Waals surface area contributed by atoms with E-state index < -0.39 is 18.9 Å². The number of hydrogen-bond acceptors (Lipinski definition) is 4. The average Bonchev–Trinajstić information content (AvgIpc) is 2.35. The third kappa shape index (κ3) is 3.78. The van der Waals surface area contributed by atoms with E-state index in [0.29, 0.717) is 0 Å². The first kappa shape index (κ1) is 14.6. The van der Waals surface area contributed by atoms with Crippen molar-refractivity contribution in [1.82, 2.24) is 10.0 Å². The standard InChI is InChI=1S/C10H11ClF2N2O3/c1-15(17-2)10(16)6-3-7(11)9(14-4-6)18-5-8(12)13/h3-4,8H,5H2,1-2H3. The number of pyridine rings is 1. The molecule has 0 atom stereocenters. The molecule has 0 aromatic carbocycles. The molecule has 0 unspecified atom stereocenters. The highest BCUT2D eigenvalue weighted by molar-refractivity contribution is 6.32. The van der Waals surface area contributed by atoms with E-state index in [9.17, 15) is 13.6 Å². The van der Waals surface area contributed by atoms with Gasteiger partial charge in [0.2, 0.25) is 5.88 Å². The van der Waals surface area contributed by atoms with E-state index in [-0.39, 0.29) is 16.5 Å². The number of hydroxylamine groups is 2. The van der Waals surface area contributed by atoms with E-state index in [1.165, 1.54) is 26.4 Å². The van der Waals surface area contributed by atoms with Gasteiger partial charge in [0.15, 0.2) is 6.61 Å². The summed E-state index contributed by atoms with van der Waals surface area (Å²) in [7, 11) is 2.74. The fourth-order valence-corrected chi connectivity index (χ4v) is 1.28. The van der Waals surface area contributed by atoms with Crippen molar-refractivity contribution < 1.29 is 23.1 Å². The van der Waals surface area contributed by atoms with Crippen LogP contribution < -0.4 is 4.74 Å². The zero-order chi connectivity index (χ0) is 13.7. The topological polar surface area (TPSA) is 51.7 Å². The maximum Gasteiger partial charge on any atom is 0.278 e. The Morgan fingerprint density at radius 2 is 2.28 bits per heavy atom. The van der Waals surface area contributed by atoms with Crippen molar-refractivity contribution in [2.24, 2.45) is 0 Å². The molecule has 8 heteroatoms. The summed E-state index contributed by atoms with van der Waals surface area (Å²) in [5, 5.41) is 0.957. The molecular weight excluding hydrogens is 270 g/mol. The van der Waals surface area contributed by atoms with Crippen LogP contribution in [0.15, 0.2) is 12.3 Å². The molecule has 1 amide bonds. The summed E-state index contributed by atoms with van der Waals surface area (Å²) in [6, 6.07) is 1.27. The number of halogens is 3. The summed E-state index contributed by atoms with van der Waals surface area (Å²) in [6.07, 6.45) is -1.45. The van der Waals surface area contributed by atoms with E-state index in [1.807, 2.05) is 0 Å². The lowest BCUT2D eigenvalue weighted by atomic mass is 10.2. The molecular formula is C10H11ClF2N2O3. The van der Waals surface area contributed by atoms with E-state index in [2.05, 4.69) is 9.72 Å². The Hall–Kier alpha value is -1.47. The molecule has 1 rings (SSSR count). The summed E-state index contributed by atoms with van der Waals surface area (Å²) in [5.41, 5.74) is 0.161. The van der Waals surface area contributed by atoms with Gasteiger partial charge in [0, 0.05) is 13.2 Å². The quantitative estimate of drug-likeness (QED) is 0.774. The van der Waals surface area contributed by atoms with E-state index in [0.717, 1.165) is 5.06 Å². The van der Waals surface area contributed by atoms with Crippen LogP contribution >= 0.6 is 11.6 Å². The van der Waals surface area contributed by atoms with Gasteiger partial charge < -0.3 is 4.74 Å². The number of alkyl halides is 2. The lowest BCUT2D eigenvalue weighted by Crippen LogP contribution is -2.25. The van der Waals surface area contributed by atoms with Gasteiger partial charge in [-0.05, 0) is 6.07 Å². The van der Waals surface area contributed by atoms with Crippen molar-refractivity contribution in [3.8, 4) is 5.88 Å². The van der Waals surface area contributed by atoms with Gasteiger partial charge in [-0.3, -0.25) is 9.63 Å². The Bertz CT molecular complexity index is 432. The smallest absolute Gasteiger partial charge is 0.278 e. The predicted molar refractivity (Wildman–Crippen MR) is 59.8 cm³/mol. The van der Waals surface area contributed by atoms with Gasteiger partial charge >= 0.3 is 0 Å². The Labute approximate surface area is 107 Å². The Morgan fingerprint density at radius 3 is 2.78 bits per heavy atom. The van der Waals surface area contributed by atoms with Crippen LogP contribution in [-0.2, 0) is 4.84 Å². The van der Waals surface area contributed by atoms with Crippen LogP contribution in [0.4, 0.5) is 8.78 Å². The first-order chi connectivity index (χ1) is 8.45. The molecule has 0 aliphatic carbocycles. The number of ether oxygens (including phenoxy) is 1. The van der Waals surface area contributed by atoms with E-state index in [4.69, 9.17) is 16.4 Å². The SMILES string of the molecule is CON(C)C(=O)c1cnc(OCC(F)F)c(Cl)c1. The molecule has 0 aliphatic heterocycles. The molecule has 0 saturated carbocycles. The Balaban J connectivity index is 2.82. The fraction of sp³-hybridized carbons (Fsp3) is 0.400. The van der Waals surface area contributed by atoms with Crippen molar-refractivity contribution in [2.45, 2.75) is 6.43 Å². The highest BCUT2D eigenvalue weighted by Crippen LogP contribution is 2.23. The minimum Gasteiger partial charge on any atom is -0.471 e. The van der Waals surface area contributed by atoms with Gasteiger partial charge in [-0.2, -0.15) is 0 Å². The zero-order valence-corrected chi connectivity index (χ0v) is 10.4. The highest BCUT2D eigenvalue weighted by atomic mass is 35.5. The molecule has 0 N–H and O–H groups in total. The average molecular weight is 281 g/mol. The summed E-state index contributed by atoms with van der Waals surface area (Å²) in [4.78, 5) is 20.0. The number of carbonyl (C=O) groups excluding carboxylic acids is 1. The predicted octanol–water partition coefficient (Wildman–Crippen LogP) is 2.01. The number of amides is 1. The van der Waals surface area contributed by atoms with Gasteiger partial charge in [0.05, 0.1) is 12.7 Å². The monoisotopic (exact) mass is 280 g/mol. The van der Waals surface area contributed by atoms with Crippen LogP contribution in [0.3, 0.4) is 0 Å². The van der Waals surface area contributed by atoms with E-state index >= 15 is 0 Å². The maximum absolute atomic E-state index is 11.9. The summed E-state index contributed by atoms with van der Waals surface area (Å²) in [5.74, 6) is -0.610. The molecule has 100 valence electrons. The zero-order valence-electron chi connectivity index (χ0n) is 9.69. The normalized spacial score (nSPS) is 10.6. The molecule has 0 fully saturated rings.